The maximum atomic E-state index is 11.3. The van der Waals surface area contributed by atoms with E-state index in [0.29, 0.717) is 6.61 Å². The zero-order valence-corrected chi connectivity index (χ0v) is 10.2. The van der Waals surface area contributed by atoms with Crippen molar-refractivity contribution in [2.24, 2.45) is 0 Å². The minimum atomic E-state index is -0.195. The monoisotopic (exact) mass is 237 g/mol. The number of rotatable bonds is 4. The number of allylic oxidation sites excluding steroid dienone is 2. The van der Waals surface area contributed by atoms with Crippen LogP contribution in [0, 0.1) is 0 Å². The normalized spacial score (nSPS) is 14.9. The molecule has 16 heavy (non-hydrogen) atoms. The van der Waals surface area contributed by atoms with Crippen LogP contribution in [0.1, 0.15) is 36.9 Å². The molecule has 0 bridgehead atoms. The Balaban J connectivity index is 1.99. The van der Waals surface area contributed by atoms with E-state index in [4.69, 9.17) is 4.74 Å². The third kappa shape index (κ3) is 2.70. The van der Waals surface area contributed by atoms with Crippen LogP contribution < -0.4 is 0 Å². The van der Waals surface area contributed by atoms with Gasteiger partial charge in [0.15, 0.2) is 0 Å². The van der Waals surface area contributed by atoms with Crippen molar-refractivity contribution in [3.8, 4) is 0 Å². The smallest absolute Gasteiger partial charge is 0.311 e. The van der Waals surface area contributed by atoms with Crippen LogP contribution in [0.25, 0.3) is 5.57 Å². The largest absolute Gasteiger partial charge is 0.466 e. The summed E-state index contributed by atoms with van der Waals surface area (Å²) in [5.41, 5.74) is 2.16. The summed E-state index contributed by atoms with van der Waals surface area (Å²) in [6.45, 7) is 2.24. The van der Waals surface area contributed by atoms with E-state index in [2.05, 4.69) is 11.1 Å². The van der Waals surface area contributed by atoms with Gasteiger partial charge in [-0.1, -0.05) is 6.08 Å². The Bertz CT molecular complexity index is 409. The number of nitrogens with zero attached hydrogens (tertiary/aromatic N) is 1. The lowest BCUT2D eigenvalue weighted by atomic mass is 10.2. The average molecular weight is 237 g/mol. The van der Waals surface area contributed by atoms with Crippen LogP contribution in [0.2, 0.25) is 0 Å². The molecule has 2 rings (SSSR count). The Morgan fingerprint density at radius 1 is 1.62 bits per heavy atom. The van der Waals surface area contributed by atoms with Crippen molar-refractivity contribution in [1.29, 1.82) is 0 Å². The molecular weight excluding hydrogens is 222 g/mol. The van der Waals surface area contributed by atoms with Crippen LogP contribution in [-0.2, 0) is 16.0 Å². The van der Waals surface area contributed by atoms with Gasteiger partial charge in [0.1, 0.15) is 5.01 Å². The summed E-state index contributed by atoms with van der Waals surface area (Å²) in [5.74, 6) is -0.195. The van der Waals surface area contributed by atoms with Gasteiger partial charge in [0.2, 0.25) is 0 Å². The molecule has 0 saturated carbocycles. The summed E-state index contributed by atoms with van der Waals surface area (Å²) in [4.78, 5) is 15.7. The maximum absolute atomic E-state index is 11.3. The second kappa shape index (κ2) is 5.25. The van der Waals surface area contributed by atoms with E-state index in [1.807, 2.05) is 12.3 Å². The number of aromatic nitrogens is 1. The van der Waals surface area contributed by atoms with Gasteiger partial charge in [-0.25, -0.2) is 4.98 Å². The molecule has 0 aliphatic heterocycles. The Kier molecular flexibility index (Phi) is 3.72. The average Bonchev–Trinajstić information content (AvgIpc) is 2.86. The second-order valence-electron chi connectivity index (χ2n) is 3.75. The number of ether oxygens (including phenoxy) is 1. The fourth-order valence-corrected chi connectivity index (χ4v) is 2.65. The molecule has 0 aromatic carbocycles. The van der Waals surface area contributed by atoms with Gasteiger partial charge in [-0.05, 0) is 31.8 Å². The minimum absolute atomic E-state index is 0.195. The quantitative estimate of drug-likeness (QED) is 0.756. The van der Waals surface area contributed by atoms with Gasteiger partial charge in [0, 0.05) is 5.38 Å². The van der Waals surface area contributed by atoms with E-state index in [1.165, 1.54) is 12.0 Å². The number of carbonyl (C=O) groups excluding carboxylic acids is 1. The van der Waals surface area contributed by atoms with E-state index in [-0.39, 0.29) is 12.4 Å². The molecule has 4 heteroatoms. The Labute approximate surface area is 99.2 Å². The molecule has 0 unspecified atom stereocenters. The van der Waals surface area contributed by atoms with E-state index < -0.39 is 0 Å². The molecule has 0 saturated heterocycles. The van der Waals surface area contributed by atoms with Crippen LogP contribution in [-0.4, -0.2) is 17.6 Å². The highest BCUT2D eigenvalue weighted by Crippen LogP contribution is 2.29. The van der Waals surface area contributed by atoms with E-state index in [9.17, 15) is 4.79 Å². The highest BCUT2D eigenvalue weighted by atomic mass is 32.1. The molecule has 1 aliphatic rings. The molecule has 0 N–H and O–H groups in total. The zero-order chi connectivity index (χ0) is 11.4. The van der Waals surface area contributed by atoms with Crippen molar-refractivity contribution in [1.82, 2.24) is 4.98 Å². The van der Waals surface area contributed by atoms with E-state index in [1.54, 1.807) is 11.3 Å². The summed E-state index contributed by atoms with van der Waals surface area (Å²) in [6.07, 6.45) is 6.03. The molecular formula is C12H15NO2S. The number of hydrogen-bond donors (Lipinski definition) is 0. The predicted octanol–water partition coefficient (Wildman–Crippen LogP) is 2.82. The molecule has 3 nitrogen and oxygen atoms in total. The van der Waals surface area contributed by atoms with Gasteiger partial charge >= 0.3 is 5.97 Å². The third-order valence-corrected chi connectivity index (χ3v) is 3.46. The lowest BCUT2D eigenvalue weighted by Gasteiger charge is -1.98. The topological polar surface area (TPSA) is 39.2 Å². The molecule has 1 aliphatic carbocycles. The first-order valence-corrected chi connectivity index (χ1v) is 6.47. The molecule has 0 fully saturated rings. The summed E-state index contributed by atoms with van der Waals surface area (Å²) in [6, 6.07) is 0. The summed E-state index contributed by atoms with van der Waals surface area (Å²) in [7, 11) is 0. The number of thiazole rings is 1. The fourth-order valence-electron chi connectivity index (χ4n) is 1.76. The zero-order valence-electron chi connectivity index (χ0n) is 9.36. The van der Waals surface area contributed by atoms with E-state index in [0.717, 1.165) is 23.5 Å². The first-order chi connectivity index (χ1) is 7.79. The highest BCUT2D eigenvalue weighted by molar-refractivity contribution is 7.10. The van der Waals surface area contributed by atoms with Crippen LogP contribution >= 0.6 is 11.3 Å². The summed E-state index contributed by atoms with van der Waals surface area (Å²) < 4.78 is 4.89. The predicted molar refractivity (Wildman–Crippen MR) is 64.3 cm³/mol. The van der Waals surface area contributed by atoms with E-state index >= 15 is 0 Å². The van der Waals surface area contributed by atoms with Crippen LogP contribution in [0.15, 0.2) is 11.5 Å². The maximum Gasteiger partial charge on any atom is 0.311 e. The first kappa shape index (κ1) is 11.3. The molecule has 0 spiro atoms. The van der Waals surface area contributed by atoms with Crippen LogP contribution in [0.5, 0.6) is 0 Å². The number of hydrogen-bond acceptors (Lipinski definition) is 4. The van der Waals surface area contributed by atoms with Crippen molar-refractivity contribution in [3.63, 3.8) is 0 Å². The number of esters is 1. The molecule has 86 valence electrons. The van der Waals surface area contributed by atoms with Gasteiger partial charge in [0.05, 0.1) is 18.7 Å². The molecule has 1 heterocycles. The van der Waals surface area contributed by atoms with Crippen molar-refractivity contribution in [2.45, 2.75) is 32.6 Å². The van der Waals surface area contributed by atoms with Crippen molar-refractivity contribution in [2.75, 3.05) is 6.61 Å². The summed E-state index contributed by atoms with van der Waals surface area (Å²) in [5, 5.41) is 3.02. The molecule has 0 amide bonds. The minimum Gasteiger partial charge on any atom is -0.466 e. The second-order valence-corrected chi connectivity index (χ2v) is 4.61. The lowest BCUT2D eigenvalue weighted by Crippen LogP contribution is -2.07. The van der Waals surface area contributed by atoms with Crippen molar-refractivity contribution < 1.29 is 9.53 Å². The SMILES string of the molecule is CCOC(=O)Cc1csc(C2=CCCC2)n1. The molecule has 1 aromatic rings. The van der Waals surface area contributed by atoms with Crippen molar-refractivity contribution in [3.05, 3.63) is 22.2 Å². The molecule has 0 atom stereocenters. The van der Waals surface area contributed by atoms with Gasteiger partial charge < -0.3 is 4.74 Å². The standard InChI is InChI=1S/C12H15NO2S/c1-2-15-11(14)7-10-8-16-12(13-10)9-5-3-4-6-9/h5,8H,2-4,6-7H2,1H3. The lowest BCUT2D eigenvalue weighted by molar-refractivity contribution is -0.142. The van der Waals surface area contributed by atoms with Crippen LogP contribution in [0.4, 0.5) is 0 Å². The highest BCUT2D eigenvalue weighted by Gasteiger charge is 2.13. The Morgan fingerprint density at radius 3 is 3.19 bits per heavy atom. The Morgan fingerprint density at radius 2 is 2.50 bits per heavy atom. The number of carbonyl (C=O) groups is 1. The van der Waals surface area contributed by atoms with Gasteiger partial charge in [-0.15, -0.1) is 11.3 Å². The van der Waals surface area contributed by atoms with Gasteiger partial charge in [-0.2, -0.15) is 0 Å². The fraction of sp³-hybridized carbons (Fsp3) is 0.500. The van der Waals surface area contributed by atoms with Gasteiger partial charge in [0.25, 0.3) is 0 Å². The summed E-state index contributed by atoms with van der Waals surface area (Å²) >= 11 is 1.62. The van der Waals surface area contributed by atoms with Gasteiger partial charge in [-0.3, -0.25) is 4.79 Å². The van der Waals surface area contributed by atoms with Crippen molar-refractivity contribution >= 4 is 22.9 Å². The third-order valence-electron chi connectivity index (χ3n) is 2.50. The first-order valence-electron chi connectivity index (χ1n) is 5.59. The molecule has 0 radical (unpaired) electrons. The molecule has 1 aromatic heterocycles. The van der Waals surface area contributed by atoms with Crippen LogP contribution in [0.3, 0.4) is 0 Å². The Hall–Kier alpha value is -1.16.